The summed E-state index contributed by atoms with van der Waals surface area (Å²) in [5.41, 5.74) is 2.59. The number of hydrogen-bond donors (Lipinski definition) is 2. The van der Waals surface area contributed by atoms with Crippen LogP contribution in [-0.4, -0.2) is 9.85 Å². The van der Waals surface area contributed by atoms with E-state index >= 15 is 0 Å². The van der Waals surface area contributed by atoms with Crippen molar-refractivity contribution in [1.29, 1.82) is 0 Å². The molecule has 0 fully saturated rings. The summed E-state index contributed by atoms with van der Waals surface area (Å²) in [6.45, 7) is 10.8. The molecule has 17 heavy (non-hydrogen) atoms. The second kappa shape index (κ2) is 4.93. The first-order valence-corrected chi connectivity index (χ1v) is 6.54. The maximum Gasteiger partial charge on any atom is 0.116 e. The Morgan fingerprint density at radius 2 is 1.41 bits per heavy atom. The van der Waals surface area contributed by atoms with Gasteiger partial charge in [-0.15, -0.1) is 0 Å². The minimum absolute atomic E-state index is 0.0488. The minimum Gasteiger partial charge on any atom is -0.508 e. The molecule has 1 N–H and O–H groups in total. The molecule has 0 aliphatic heterocycles. The number of benzene rings is 1. The molecule has 0 saturated carbocycles. The van der Waals surface area contributed by atoms with E-state index in [4.69, 9.17) is 0 Å². The molecular formula is C15H24OS. The number of phenolic OH excluding ortho intramolecular Hbond substituents is 1. The average molecular weight is 252 g/mol. The van der Waals surface area contributed by atoms with E-state index in [2.05, 4.69) is 53.3 Å². The molecule has 0 atom stereocenters. The quantitative estimate of drug-likeness (QED) is 0.771. The van der Waals surface area contributed by atoms with Gasteiger partial charge in [-0.1, -0.05) is 40.7 Å². The highest BCUT2D eigenvalue weighted by atomic mass is 32.1. The van der Waals surface area contributed by atoms with Gasteiger partial charge in [0.15, 0.2) is 0 Å². The summed E-state index contributed by atoms with van der Waals surface area (Å²) in [7, 11) is 0. The van der Waals surface area contributed by atoms with Crippen molar-refractivity contribution in [2.75, 3.05) is 0 Å². The molecule has 0 unspecified atom stereocenters. The predicted molar refractivity (Wildman–Crippen MR) is 78.0 cm³/mol. The lowest BCUT2D eigenvalue weighted by atomic mass is 9.87. The summed E-state index contributed by atoms with van der Waals surface area (Å²) in [6, 6.07) is 5.88. The highest BCUT2D eigenvalue weighted by molar-refractivity contribution is 7.81. The van der Waals surface area contributed by atoms with Crippen molar-refractivity contribution < 1.29 is 5.11 Å². The van der Waals surface area contributed by atoms with E-state index in [9.17, 15) is 5.11 Å². The fourth-order valence-electron chi connectivity index (χ4n) is 2.06. The van der Waals surface area contributed by atoms with Crippen molar-refractivity contribution in [2.24, 2.45) is 5.41 Å². The maximum absolute atomic E-state index is 9.76. The van der Waals surface area contributed by atoms with Crippen molar-refractivity contribution in [3.8, 4) is 5.75 Å². The summed E-state index contributed by atoms with van der Waals surface area (Å²) in [5.74, 6) is 0.360. The van der Waals surface area contributed by atoms with Crippen LogP contribution in [0.2, 0.25) is 0 Å². The van der Waals surface area contributed by atoms with Gasteiger partial charge in [0, 0.05) is 4.75 Å². The van der Waals surface area contributed by atoms with E-state index in [1.165, 1.54) is 5.56 Å². The van der Waals surface area contributed by atoms with Crippen molar-refractivity contribution in [1.82, 2.24) is 0 Å². The van der Waals surface area contributed by atoms with Crippen LogP contribution in [0, 0.1) is 5.41 Å². The molecule has 0 spiro atoms. The van der Waals surface area contributed by atoms with Crippen LogP contribution >= 0.6 is 12.6 Å². The average Bonchev–Trinajstić information content (AvgIpc) is 1.93. The number of rotatable bonds is 3. The van der Waals surface area contributed by atoms with Gasteiger partial charge < -0.3 is 5.11 Å². The van der Waals surface area contributed by atoms with Gasteiger partial charge >= 0.3 is 0 Å². The summed E-state index contributed by atoms with van der Waals surface area (Å²) in [4.78, 5) is 0. The molecule has 0 heterocycles. The highest BCUT2D eigenvalue weighted by Gasteiger charge is 2.16. The Hall–Kier alpha value is -0.630. The van der Waals surface area contributed by atoms with Crippen LogP contribution in [0.5, 0.6) is 5.75 Å². The van der Waals surface area contributed by atoms with Crippen molar-refractivity contribution >= 4 is 12.6 Å². The molecule has 0 radical (unpaired) electrons. The fourth-order valence-corrected chi connectivity index (χ4v) is 2.24. The minimum atomic E-state index is -0.0488. The Labute approximate surface area is 111 Å². The predicted octanol–water partition coefficient (Wildman–Crippen LogP) is 4.23. The SMILES string of the molecule is CC(C)(C)Cc1cc(O)cc(CC(C)(C)S)c1. The molecule has 1 nitrogen and oxygen atoms in total. The lowest BCUT2D eigenvalue weighted by molar-refractivity contribution is 0.409. The van der Waals surface area contributed by atoms with Crippen LogP contribution < -0.4 is 0 Å². The molecule has 0 aliphatic rings. The number of hydrogen-bond acceptors (Lipinski definition) is 2. The van der Waals surface area contributed by atoms with Gasteiger partial charge in [0.25, 0.3) is 0 Å². The molecule has 96 valence electrons. The Morgan fingerprint density at radius 1 is 0.941 bits per heavy atom. The third-order valence-electron chi connectivity index (χ3n) is 2.41. The molecule has 0 saturated heterocycles. The normalized spacial score (nSPS) is 12.8. The summed E-state index contributed by atoms with van der Waals surface area (Å²) >= 11 is 4.54. The largest absolute Gasteiger partial charge is 0.508 e. The van der Waals surface area contributed by atoms with Gasteiger partial charge in [0.2, 0.25) is 0 Å². The third-order valence-corrected chi connectivity index (χ3v) is 2.57. The Bertz CT molecular complexity index is 349. The summed E-state index contributed by atoms with van der Waals surface area (Å²) in [6.07, 6.45) is 1.84. The lowest BCUT2D eigenvalue weighted by Crippen LogP contribution is -2.15. The van der Waals surface area contributed by atoms with E-state index in [1.54, 1.807) is 0 Å². The molecular weight excluding hydrogens is 228 g/mol. The first-order chi connectivity index (χ1) is 7.55. The fraction of sp³-hybridized carbons (Fsp3) is 0.600. The van der Waals surface area contributed by atoms with Crippen LogP contribution in [0.3, 0.4) is 0 Å². The van der Waals surface area contributed by atoms with E-state index in [0.717, 1.165) is 18.4 Å². The maximum atomic E-state index is 9.76. The molecule has 1 aromatic carbocycles. The molecule has 1 aromatic rings. The summed E-state index contributed by atoms with van der Waals surface area (Å²) < 4.78 is -0.0488. The molecule has 0 aliphatic carbocycles. The zero-order chi connectivity index (χ0) is 13.3. The lowest BCUT2D eigenvalue weighted by Gasteiger charge is -2.21. The van der Waals surface area contributed by atoms with Gasteiger partial charge in [-0.05, 0) is 41.5 Å². The second-order valence-corrected chi connectivity index (χ2v) is 7.95. The van der Waals surface area contributed by atoms with Gasteiger partial charge in [0.1, 0.15) is 5.75 Å². The van der Waals surface area contributed by atoms with Gasteiger partial charge in [0.05, 0.1) is 0 Å². The second-order valence-electron chi connectivity index (χ2n) is 6.73. The zero-order valence-corrected chi connectivity index (χ0v) is 12.4. The number of thiol groups is 1. The van der Waals surface area contributed by atoms with Gasteiger partial charge in [-0.3, -0.25) is 0 Å². The molecule has 2 heteroatoms. The van der Waals surface area contributed by atoms with Crippen molar-refractivity contribution in [3.63, 3.8) is 0 Å². The van der Waals surface area contributed by atoms with Crippen LogP contribution in [0.4, 0.5) is 0 Å². The van der Waals surface area contributed by atoms with Crippen molar-refractivity contribution in [3.05, 3.63) is 29.3 Å². The van der Waals surface area contributed by atoms with E-state index in [-0.39, 0.29) is 10.2 Å². The zero-order valence-electron chi connectivity index (χ0n) is 11.5. The molecule has 0 amide bonds. The first kappa shape index (κ1) is 14.4. The van der Waals surface area contributed by atoms with Gasteiger partial charge in [-0.2, -0.15) is 12.6 Å². The van der Waals surface area contributed by atoms with E-state index < -0.39 is 0 Å². The van der Waals surface area contributed by atoms with Crippen LogP contribution in [0.1, 0.15) is 45.7 Å². The smallest absolute Gasteiger partial charge is 0.116 e. The summed E-state index contributed by atoms with van der Waals surface area (Å²) in [5, 5.41) is 9.76. The first-order valence-electron chi connectivity index (χ1n) is 6.09. The highest BCUT2D eigenvalue weighted by Crippen LogP contribution is 2.27. The Balaban J connectivity index is 2.95. The molecule has 0 aromatic heterocycles. The third kappa shape index (κ3) is 6.02. The van der Waals surface area contributed by atoms with Crippen LogP contribution in [0.25, 0.3) is 0 Å². The van der Waals surface area contributed by atoms with E-state index in [1.807, 2.05) is 12.1 Å². The van der Waals surface area contributed by atoms with Crippen molar-refractivity contribution in [2.45, 2.75) is 52.2 Å². The van der Waals surface area contributed by atoms with Crippen LogP contribution in [0.15, 0.2) is 18.2 Å². The standard InChI is InChI=1S/C15H24OS/c1-14(2,3)9-11-6-12(8-13(16)7-11)10-15(4,5)17/h6-8,16-17H,9-10H2,1-5H3. The topological polar surface area (TPSA) is 20.2 Å². The van der Waals surface area contributed by atoms with Crippen LogP contribution in [-0.2, 0) is 12.8 Å². The van der Waals surface area contributed by atoms with Gasteiger partial charge in [-0.25, -0.2) is 0 Å². The Morgan fingerprint density at radius 3 is 1.82 bits per heavy atom. The Kier molecular flexibility index (Phi) is 4.19. The van der Waals surface area contributed by atoms with E-state index in [0.29, 0.717) is 5.75 Å². The monoisotopic (exact) mass is 252 g/mol. The number of aromatic hydroxyl groups is 1. The molecule has 0 bridgehead atoms. The molecule has 1 rings (SSSR count). The number of phenols is 1.